The average molecular weight is 534 g/mol. The number of hydrogen-bond acceptors (Lipinski definition) is 8. The molecule has 14 heteroatoms. The lowest BCUT2D eigenvalue weighted by atomic mass is 9.92. The Labute approximate surface area is 215 Å². The van der Waals surface area contributed by atoms with Crippen LogP contribution in [-0.2, 0) is 9.53 Å². The van der Waals surface area contributed by atoms with Crippen LogP contribution >= 0.6 is 0 Å². The molecule has 202 valence electrons. The molecule has 2 fully saturated rings. The van der Waals surface area contributed by atoms with E-state index in [0.29, 0.717) is 78.8 Å². The van der Waals surface area contributed by atoms with Crippen LogP contribution in [0.1, 0.15) is 24.5 Å². The normalized spacial score (nSPS) is 17.1. The third-order valence-electron chi connectivity index (χ3n) is 6.68. The lowest BCUT2D eigenvalue weighted by Gasteiger charge is -2.31. The van der Waals surface area contributed by atoms with E-state index in [0.717, 1.165) is 4.90 Å². The molecule has 2 aliphatic rings. The Morgan fingerprint density at radius 2 is 1.71 bits per heavy atom. The molecule has 2 aromatic heterocycles. The highest BCUT2D eigenvalue weighted by Crippen LogP contribution is 2.37. The molecule has 0 atom stereocenters. The van der Waals surface area contributed by atoms with Crippen LogP contribution in [0, 0.1) is 0 Å². The maximum absolute atomic E-state index is 12.9. The van der Waals surface area contributed by atoms with E-state index in [-0.39, 0.29) is 25.0 Å². The van der Waals surface area contributed by atoms with Crippen molar-refractivity contribution in [3.63, 3.8) is 0 Å². The molecule has 0 radical (unpaired) electrons. The molecule has 3 amide bonds. The molecule has 0 aliphatic carbocycles. The lowest BCUT2D eigenvalue weighted by molar-refractivity contribution is -0.186. The Kier molecular flexibility index (Phi) is 7.06. The molecule has 11 nitrogen and oxygen atoms in total. The summed E-state index contributed by atoms with van der Waals surface area (Å²) < 4.78 is 49.8. The number of carbonyl (C=O) groups is 2. The predicted molar refractivity (Wildman–Crippen MR) is 131 cm³/mol. The number of rotatable bonds is 4. The first-order valence-electron chi connectivity index (χ1n) is 12.2. The molecular formula is C24H26F3N7O4. The molecule has 2 aliphatic heterocycles. The van der Waals surface area contributed by atoms with Gasteiger partial charge in [-0.15, -0.1) is 0 Å². The largest absolute Gasteiger partial charge is 0.471 e. The summed E-state index contributed by atoms with van der Waals surface area (Å²) in [5.74, 6) is -1.08. The van der Waals surface area contributed by atoms with E-state index in [4.69, 9.17) is 19.2 Å². The van der Waals surface area contributed by atoms with Crippen LogP contribution in [0.3, 0.4) is 0 Å². The Balaban J connectivity index is 1.48. The van der Waals surface area contributed by atoms with Crippen molar-refractivity contribution in [1.29, 1.82) is 0 Å². The van der Waals surface area contributed by atoms with Gasteiger partial charge < -0.3 is 29.7 Å². The zero-order chi connectivity index (χ0) is 26.9. The number of nitrogens with one attached hydrogen (secondary N) is 2. The van der Waals surface area contributed by atoms with E-state index in [1.54, 1.807) is 24.3 Å². The van der Waals surface area contributed by atoms with Crippen LogP contribution in [0.15, 0.2) is 28.8 Å². The topological polar surface area (TPSA) is 126 Å². The molecule has 2 saturated heterocycles. The molecule has 38 heavy (non-hydrogen) atoms. The van der Waals surface area contributed by atoms with Gasteiger partial charge in [0.25, 0.3) is 0 Å². The number of piperidine rings is 1. The van der Waals surface area contributed by atoms with Gasteiger partial charge in [0.2, 0.25) is 5.58 Å². The molecule has 0 saturated carbocycles. The highest BCUT2D eigenvalue weighted by atomic mass is 19.4. The van der Waals surface area contributed by atoms with Crippen LogP contribution < -0.4 is 15.5 Å². The summed E-state index contributed by atoms with van der Waals surface area (Å²) in [6.45, 7) is 2.15. The standard InChI is InChI=1S/C24H26F3N7O4/c1-28-23(36)29-16-4-2-15(3-5-16)20-30-18-17(14-6-8-34(9-7-14)22(35)24(25,26)27)32-38-19(18)21(31-20)33-10-12-37-13-11-33/h2-5,14H,6-13H2,1H3,(H2,28,29,36). The summed E-state index contributed by atoms with van der Waals surface area (Å²) in [5, 5.41) is 9.45. The van der Waals surface area contributed by atoms with Gasteiger partial charge in [-0.3, -0.25) is 4.79 Å². The Morgan fingerprint density at radius 1 is 1.03 bits per heavy atom. The van der Waals surface area contributed by atoms with Gasteiger partial charge in [-0.1, -0.05) is 5.16 Å². The van der Waals surface area contributed by atoms with Gasteiger partial charge in [-0.25, -0.2) is 14.8 Å². The SMILES string of the molecule is CNC(=O)Nc1ccc(-c2nc(N3CCOCC3)c3onc(C4CCN(C(=O)C(F)(F)F)CC4)c3n2)cc1. The fourth-order valence-electron chi connectivity index (χ4n) is 4.65. The minimum absolute atomic E-state index is 0.0363. The average Bonchev–Trinajstić information content (AvgIpc) is 3.36. The lowest BCUT2D eigenvalue weighted by Crippen LogP contribution is -2.45. The van der Waals surface area contributed by atoms with Gasteiger partial charge in [0.15, 0.2) is 11.6 Å². The minimum Gasteiger partial charge on any atom is -0.378 e. The maximum atomic E-state index is 12.9. The smallest absolute Gasteiger partial charge is 0.378 e. The highest BCUT2D eigenvalue weighted by Gasteiger charge is 2.43. The number of ether oxygens (including phenoxy) is 1. The third-order valence-corrected chi connectivity index (χ3v) is 6.68. The fraction of sp³-hybridized carbons (Fsp3) is 0.458. The monoisotopic (exact) mass is 533 g/mol. The van der Waals surface area contributed by atoms with Crippen molar-refractivity contribution in [3.05, 3.63) is 30.0 Å². The Hall–Kier alpha value is -3.94. The van der Waals surface area contributed by atoms with E-state index in [9.17, 15) is 22.8 Å². The molecule has 0 bridgehead atoms. The number of hydrogen-bond donors (Lipinski definition) is 2. The van der Waals surface area contributed by atoms with Crippen molar-refractivity contribution in [2.24, 2.45) is 0 Å². The number of carbonyl (C=O) groups excluding carboxylic acids is 2. The first-order valence-corrected chi connectivity index (χ1v) is 12.2. The van der Waals surface area contributed by atoms with Crippen molar-refractivity contribution < 1.29 is 32.0 Å². The number of likely N-dealkylation sites (tertiary alicyclic amines) is 1. The molecule has 5 rings (SSSR count). The van der Waals surface area contributed by atoms with Gasteiger partial charge in [0.05, 0.1) is 13.2 Å². The van der Waals surface area contributed by atoms with Crippen LogP contribution in [0.5, 0.6) is 0 Å². The van der Waals surface area contributed by atoms with Crippen molar-refractivity contribution in [1.82, 2.24) is 25.3 Å². The fourth-order valence-corrected chi connectivity index (χ4v) is 4.65. The second-order valence-electron chi connectivity index (χ2n) is 9.06. The van der Waals surface area contributed by atoms with Crippen molar-refractivity contribution in [2.75, 3.05) is 56.7 Å². The number of benzene rings is 1. The molecule has 0 unspecified atom stereocenters. The molecular weight excluding hydrogens is 507 g/mol. The number of alkyl halides is 3. The summed E-state index contributed by atoms with van der Waals surface area (Å²) in [7, 11) is 1.52. The number of urea groups is 1. The van der Waals surface area contributed by atoms with Crippen molar-refractivity contribution in [2.45, 2.75) is 24.9 Å². The van der Waals surface area contributed by atoms with Gasteiger partial charge in [0.1, 0.15) is 11.2 Å². The molecule has 0 spiro atoms. The Bertz CT molecular complexity index is 1320. The van der Waals surface area contributed by atoms with Crippen LogP contribution in [0.4, 0.5) is 29.5 Å². The summed E-state index contributed by atoms with van der Waals surface area (Å²) >= 11 is 0. The van der Waals surface area contributed by atoms with Crippen molar-refractivity contribution in [3.8, 4) is 11.4 Å². The predicted octanol–water partition coefficient (Wildman–Crippen LogP) is 3.14. The number of nitrogens with zero attached hydrogens (tertiary/aromatic N) is 5. The third kappa shape index (κ3) is 5.21. The summed E-state index contributed by atoms with van der Waals surface area (Å²) in [6, 6.07) is 6.68. The molecule has 2 N–H and O–H groups in total. The van der Waals surface area contributed by atoms with E-state index >= 15 is 0 Å². The summed E-state index contributed by atoms with van der Waals surface area (Å²) in [6.07, 6.45) is -4.29. The van der Waals surface area contributed by atoms with E-state index in [2.05, 4.69) is 15.8 Å². The first-order chi connectivity index (χ1) is 18.2. The minimum atomic E-state index is -4.89. The quantitative estimate of drug-likeness (QED) is 0.524. The molecule has 4 heterocycles. The number of halogens is 3. The number of anilines is 2. The van der Waals surface area contributed by atoms with Gasteiger partial charge >= 0.3 is 18.1 Å². The Morgan fingerprint density at radius 3 is 2.34 bits per heavy atom. The first kappa shape index (κ1) is 25.7. The van der Waals surface area contributed by atoms with E-state index < -0.39 is 12.1 Å². The van der Waals surface area contributed by atoms with E-state index in [1.165, 1.54) is 7.05 Å². The van der Waals surface area contributed by atoms with E-state index in [1.807, 2.05) is 4.90 Å². The van der Waals surface area contributed by atoms with Gasteiger partial charge in [-0.05, 0) is 37.1 Å². The van der Waals surface area contributed by atoms with Crippen LogP contribution in [0.2, 0.25) is 0 Å². The van der Waals surface area contributed by atoms with Crippen LogP contribution in [0.25, 0.3) is 22.5 Å². The van der Waals surface area contributed by atoms with Crippen LogP contribution in [-0.4, -0.2) is 84.6 Å². The number of morpholine rings is 1. The zero-order valence-electron chi connectivity index (χ0n) is 20.5. The highest BCUT2D eigenvalue weighted by molar-refractivity contribution is 5.90. The summed E-state index contributed by atoms with van der Waals surface area (Å²) in [5.41, 5.74) is 2.71. The molecule has 1 aromatic carbocycles. The van der Waals surface area contributed by atoms with Gasteiger partial charge in [0, 0.05) is 50.4 Å². The summed E-state index contributed by atoms with van der Waals surface area (Å²) in [4.78, 5) is 35.6. The molecule has 3 aromatic rings. The second kappa shape index (κ2) is 10.4. The number of aromatic nitrogens is 3. The van der Waals surface area contributed by atoms with Gasteiger partial charge in [-0.2, -0.15) is 13.2 Å². The number of fused-ring (bicyclic) bond motifs is 1. The zero-order valence-corrected chi connectivity index (χ0v) is 20.5. The number of amides is 3. The second-order valence-corrected chi connectivity index (χ2v) is 9.06. The van der Waals surface area contributed by atoms with Crippen molar-refractivity contribution >= 4 is 34.5 Å². The maximum Gasteiger partial charge on any atom is 0.471 e.